The Morgan fingerprint density at radius 2 is 2.13 bits per heavy atom. The fourth-order valence-corrected chi connectivity index (χ4v) is 3.60. The van der Waals surface area contributed by atoms with Crippen LogP contribution in [0.1, 0.15) is 56.1 Å². The molecule has 0 bridgehead atoms. The molecule has 0 fully saturated rings. The Labute approximate surface area is 175 Å². The molecule has 7 heteroatoms. The lowest BCUT2D eigenvalue weighted by Gasteiger charge is -2.25. The fraction of sp³-hybridized carbons (Fsp3) is 0.391. The van der Waals surface area contributed by atoms with Gasteiger partial charge in [0.15, 0.2) is 0 Å². The molecule has 1 N–H and O–H groups in total. The number of nitrogens with zero attached hydrogens (tertiary/aromatic N) is 3. The van der Waals surface area contributed by atoms with E-state index in [9.17, 15) is 13.2 Å². The van der Waals surface area contributed by atoms with Crippen molar-refractivity contribution in [3.8, 4) is 0 Å². The Kier molecular flexibility index (Phi) is 6.80. The molecule has 1 aliphatic heterocycles. The van der Waals surface area contributed by atoms with Crippen molar-refractivity contribution in [3.05, 3.63) is 71.2 Å². The van der Waals surface area contributed by atoms with E-state index in [1.54, 1.807) is 32.2 Å². The first-order valence-electron chi connectivity index (χ1n) is 10.2. The molecule has 0 amide bonds. The number of aryl methyl sites for hydroxylation is 2. The third-order valence-electron chi connectivity index (χ3n) is 4.97. The van der Waals surface area contributed by atoms with Crippen LogP contribution >= 0.6 is 0 Å². The number of halogens is 3. The SMILES string of the molecule is C\C=C/C(=C\C(=C\CC)C(F)(F)F)c1cc2n(n1)CCCC2Nc1cc(C)ccn1. The minimum atomic E-state index is -4.40. The topological polar surface area (TPSA) is 42.7 Å². The Hall–Kier alpha value is -2.83. The lowest BCUT2D eigenvalue weighted by Crippen LogP contribution is -2.22. The minimum absolute atomic E-state index is 0.00873. The van der Waals surface area contributed by atoms with E-state index in [1.165, 1.54) is 12.2 Å². The number of pyridine rings is 1. The van der Waals surface area contributed by atoms with Crippen LogP contribution in [0.4, 0.5) is 19.0 Å². The first-order chi connectivity index (χ1) is 14.3. The minimum Gasteiger partial charge on any atom is -0.362 e. The van der Waals surface area contributed by atoms with Gasteiger partial charge in [0, 0.05) is 18.3 Å². The highest BCUT2D eigenvalue weighted by Crippen LogP contribution is 2.33. The molecule has 1 atom stereocenters. The van der Waals surface area contributed by atoms with E-state index in [-0.39, 0.29) is 6.04 Å². The van der Waals surface area contributed by atoms with Crippen molar-refractivity contribution >= 4 is 11.4 Å². The molecule has 1 unspecified atom stereocenters. The van der Waals surface area contributed by atoms with Gasteiger partial charge >= 0.3 is 6.18 Å². The number of allylic oxidation sites excluding steroid dienone is 6. The summed E-state index contributed by atoms with van der Waals surface area (Å²) in [6, 6.07) is 5.81. The standard InChI is InChI=1S/C23H27F3N4/c1-4-7-17(14-18(8-5-2)23(24,25)26)20-15-21-19(9-6-12-30(21)29-20)28-22-13-16(3)10-11-27-22/h4,7-8,10-11,13-15,19H,5-6,9,12H2,1-3H3,(H,27,28)/b7-4-,17-14+,18-8-. The molecule has 1 aliphatic rings. The zero-order valence-corrected chi connectivity index (χ0v) is 17.5. The van der Waals surface area contributed by atoms with Crippen molar-refractivity contribution in [3.63, 3.8) is 0 Å². The first-order valence-corrected chi connectivity index (χ1v) is 10.2. The molecular weight excluding hydrogens is 389 g/mol. The second-order valence-corrected chi connectivity index (χ2v) is 7.40. The summed E-state index contributed by atoms with van der Waals surface area (Å²) in [5.41, 5.74) is 2.41. The van der Waals surface area contributed by atoms with Crippen molar-refractivity contribution < 1.29 is 13.2 Å². The van der Waals surface area contributed by atoms with Crippen LogP contribution in [0.25, 0.3) is 5.57 Å². The molecule has 0 radical (unpaired) electrons. The van der Waals surface area contributed by atoms with Crippen LogP contribution < -0.4 is 5.32 Å². The van der Waals surface area contributed by atoms with E-state index in [4.69, 9.17) is 0 Å². The van der Waals surface area contributed by atoms with Gasteiger partial charge in [-0.1, -0.05) is 25.2 Å². The zero-order valence-electron chi connectivity index (χ0n) is 17.5. The summed E-state index contributed by atoms with van der Waals surface area (Å²) >= 11 is 0. The van der Waals surface area contributed by atoms with Crippen molar-refractivity contribution in [2.24, 2.45) is 0 Å². The summed E-state index contributed by atoms with van der Waals surface area (Å²) < 4.78 is 42.1. The predicted octanol–water partition coefficient (Wildman–Crippen LogP) is 6.39. The van der Waals surface area contributed by atoms with E-state index in [2.05, 4.69) is 15.4 Å². The third-order valence-corrected chi connectivity index (χ3v) is 4.97. The maximum atomic E-state index is 13.4. The molecule has 2 aromatic heterocycles. The second kappa shape index (κ2) is 9.32. The van der Waals surface area contributed by atoms with E-state index < -0.39 is 11.7 Å². The summed E-state index contributed by atoms with van der Waals surface area (Å²) in [7, 11) is 0. The smallest absolute Gasteiger partial charge is 0.362 e. The predicted molar refractivity (Wildman–Crippen MR) is 114 cm³/mol. The Morgan fingerprint density at radius 1 is 1.33 bits per heavy atom. The Bertz CT molecular complexity index is 967. The summed E-state index contributed by atoms with van der Waals surface area (Å²) in [6.45, 7) is 6.23. The van der Waals surface area contributed by atoms with Gasteiger partial charge in [0.2, 0.25) is 0 Å². The molecule has 0 saturated heterocycles. The molecule has 0 spiro atoms. The molecule has 4 nitrogen and oxygen atoms in total. The van der Waals surface area contributed by atoms with Gasteiger partial charge in [0.1, 0.15) is 5.82 Å². The van der Waals surface area contributed by atoms with Gasteiger partial charge in [-0.05, 0) is 62.9 Å². The van der Waals surface area contributed by atoms with E-state index in [0.717, 1.165) is 36.5 Å². The Balaban J connectivity index is 1.96. The van der Waals surface area contributed by atoms with Gasteiger partial charge in [-0.3, -0.25) is 4.68 Å². The Morgan fingerprint density at radius 3 is 2.80 bits per heavy atom. The largest absolute Gasteiger partial charge is 0.416 e. The average Bonchev–Trinajstić information content (AvgIpc) is 3.11. The monoisotopic (exact) mass is 416 g/mol. The van der Waals surface area contributed by atoms with Gasteiger partial charge in [-0.25, -0.2) is 4.98 Å². The van der Waals surface area contributed by atoms with Crippen molar-refractivity contribution in [1.29, 1.82) is 0 Å². The fourth-order valence-electron chi connectivity index (χ4n) is 3.60. The van der Waals surface area contributed by atoms with Gasteiger partial charge in [0.05, 0.1) is 23.0 Å². The van der Waals surface area contributed by atoms with Crippen molar-refractivity contribution in [2.75, 3.05) is 5.32 Å². The number of hydrogen-bond acceptors (Lipinski definition) is 3. The second-order valence-electron chi connectivity index (χ2n) is 7.40. The normalized spacial score (nSPS) is 18.0. The maximum Gasteiger partial charge on any atom is 0.416 e. The number of rotatable bonds is 6. The van der Waals surface area contributed by atoms with Crippen LogP contribution in [0.5, 0.6) is 0 Å². The molecule has 3 heterocycles. The van der Waals surface area contributed by atoms with E-state index in [1.807, 2.05) is 29.8 Å². The van der Waals surface area contributed by atoms with E-state index in [0.29, 0.717) is 17.7 Å². The maximum absolute atomic E-state index is 13.4. The highest BCUT2D eigenvalue weighted by molar-refractivity contribution is 5.74. The van der Waals surface area contributed by atoms with Crippen LogP contribution in [0, 0.1) is 6.92 Å². The van der Waals surface area contributed by atoms with Crippen LogP contribution in [0.2, 0.25) is 0 Å². The van der Waals surface area contributed by atoms with Crippen LogP contribution in [-0.4, -0.2) is 20.9 Å². The van der Waals surface area contributed by atoms with E-state index >= 15 is 0 Å². The first kappa shape index (κ1) is 21.9. The van der Waals surface area contributed by atoms with Crippen LogP contribution in [0.15, 0.2) is 54.3 Å². The highest BCUT2D eigenvalue weighted by Gasteiger charge is 2.32. The molecule has 0 saturated carbocycles. The average molecular weight is 416 g/mol. The van der Waals surface area contributed by atoms with Crippen LogP contribution in [-0.2, 0) is 6.54 Å². The number of hydrogen-bond donors (Lipinski definition) is 1. The molecule has 160 valence electrons. The number of fused-ring (bicyclic) bond motifs is 1. The summed E-state index contributed by atoms with van der Waals surface area (Å²) in [6.07, 6.45) is 5.30. The summed E-state index contributed by atoms with van der Waals surface area (Å²) in [5, 5.41) is 8.06. The number of nitrogens with one attached hydrogen (secondary N) is 1. The summed E-state index contributed by atoms with van der Waals surface area (Å²) in [4.78, 5) is 4.37. The summed E-state index contributed by atoms with van der Waals surface area (Å²) in [5.74, 6) is 0.783. The lowest BCUT2D eigenvalue weighted by molar-refractivity contribution is -0.0883. The highest BCUT2D eigenvalue weighted by atomic mass is 19.4. The number of aromatic nitrogens is 3. The van der Waals surface area contributed by atoms with Gasteiger partial charge < -0.3 is 5.32 Å². The lowest BCUT2D eigenvalue weighted by atomic mass is 10.0. The van der Waals surface area contributed by atoms with Gasteiger partial charge in [-0.15, -0.1) is 0 Å². The molecular formula is C23H27F3N4. The number of anilines is 1. The number of alkyl halides is 3. The molecule has 0 aromatic carbocycles. The molecule has 2 aromatic rings. The van der Waals surface area contributed by atoms with Crippen molar-refractivity contribution in [2.45, 2.75) is 58.8 Å². The molecule has 3 rings (SSSR count). The zero-order chi connectivity index (χ0) is 21.7. The molecule has 30 heavy (non-hydrogen) atoms. The van der Waals surface area contributed by atoms with Gasteiger partial charge in [0.25, 0.3) is 0 Å². The third kappa shape index (κ3) is 5.20. The van der Waals surface area contributed by atoms with Crippen LogP contribution in [0.3, 0.4) is 0 Å². The quantitative estimate of drug-likeness (QED) is 0.555. The van der Waals surface area contributed by atoms with Crippen molar-refractivity contribution in [1.82, 2.24) is 14.8 Å². The van der Waals surface area contributed by atoms with Gasteiger partial charge in [-0.2, -0.15) is 18.3 Å². The molecule has 0 aliphatic carbocycles.